The summed E-state index contributed by atoms with van der Waals surface area (Å²) in [6, 6.07) is 7.18. The van der Waals surface area contributed by atoms with Gasteiger partial charge < -0.3 is 9.42 Å². The Morgan fingerprint density at radius 3 is 2.61 bits per heavy atom. The molecule has 28 heavy (non-hydrogen) atoms. The van der Waals surface area contributed by atoms with Crippen molar-refractivity contribution in [3.8, 4) is 11.4 Å². The minimum atomic E-state index is -3.31. The van der Waals surface area contributed by atoms with Crippen LogP contribution in [0.5, 0.6) is 0 Å². The van der Waals surface area contributed by atoms with Crippen molar-refractivity contribution < 1.29 is 17.7 Å². The topological polar surface area (TPSA) is 105 Å². The molecule has 1 atom stereocenters. The molecule has 8 nitrogen and oxygen atoms in total. The Balaban J connectivity index is 1.45. The first-order valence-electron chi connectivity index (χ1n) is 9.69. The van der Waals surface area contributed by atoms with Crippen molar-refractivity contribution in [1.29, 1.82) is 0 Å². The van der Waals surface area contributed by atoms with Crippen LogP contribution in [0.1, 0.15) is 50.8 Å². The molecule has 9 heteroatoms. The molecule has 1 amide bonds. The van der Waals surface area contributed by atoms with Crippen LogP contribution in [-0.2, 0) is 14.8 Å². The molecule has 1 N–H and O–H groups in total. The van der Waals surface area contributed by atoms with Gasteiger partial charge in [0.2, 0.25) is 27.6 Å². The summed E-state index contributed by atoms with van der Waals surface area (Å²) < 4.78 is 31.2. The fraction of sp³-hybridized carbons (Fsp3) is 0.526. The van der Waals surface area contributed by atoms with E-state index in [4.69, 9.17) is 4.52 Å². The maximum absolute atomic E-state index is 12.4. The number of aromatic nitrogens is 2. The normalized spacial score (nSPS) is 20.8. The van der Waals surface area contributed by atoms with Gasteiger partial charge in [0.15, 0.2) is 0 Å². The van der Waals surface area contributed by atoms with Gasteiger partial charge in [0.05, 0.1) is 11.7 Å². The highest BCUT2D eigenvalue weighted by Crippen LogP contribution is 2.34. The lowest BCUT2D eigenvalue weighted by Gasteiger charge is -2.23. The molecule has 0 bridgehead atoms. The average Bonchev–Trinajstić information content (AvgIpc) is 3.42. The molecule has 0 radical (unpaired) electrons. The van der Waals surface area contributed by atoms with Gasteiger partial charge in [0.25, 0.3) is 0 Å². The molecule has 2 heterocycles. The lowest BCUT2D eigenvalue weighted by molar-refractivity contribution is -0.129. The highest BCUT2D eigenvalue weighted by Gasteiger charge is 2.38. The summed E-state index contributed by atoms with van der Waals surface area (Å²) in [4.78, 5) is 18.8. The fourth-order valence-electron chi connectivity index (χ4n) is 3.92. The monoisotopic (exact) mass is 404 g/mol. The highest BCUT2D eigenvalue weighted by atomic mass is 32.2. The minimum Gasteiger partial charge on any atom is -0.339 e. The van der Waals surface area contributed by atoms with Gasteiger partial charge in [-0.1, -0.05) is 18.0 Å². The van der Waals surface area contributed by atoms with Gasteiger partial charge >= 0.3 is 0 Å². The van der Waals surface area contributed by atoms with Crippen LogP contribution in [0.2, 0.25) is 0 Å². The van der Waals surface area contributed by atoms with Gasteiger partial charge in [-0.05, 0) is 44.0 Å². The van der Waals surface area contributed by atoms with E-state index in [1.807, 2.05) is 4.90 Å². The number of anilines is 1. The van der Waals surface area contributed by atoms with Crippen molar-refractivity contribution in [3.05, 3.63) is 30.2 Å². The summed E-state index contributed by atoms with van der Waals surface area (Å²) >= 11 is 0. The summed E-state index contributed by atoms with van der Waals surface area (Å²) in [7, 11) is -3.31. The first-order chi connectivity index (χ1) is 13.4. The number of hydrogen-bond acceptors (Lipinski definition) is 6. The molecule has 1 aromatic heterocycles. The summed E-state index contributed by atoms with van der Waals surface area (Å²) in [5.74, 6) is 1.04. The summed E-state index contributed by atoms with van der Waals surface area (Å²) in [5, 5.41) is 4.04. The van der Waals surface area contributed by atoms with E-state index in [-0.39, 0.29) is 17.6 Å². The molecule has 0 spiro atoms. The Labute approximate surface area is 164 Å². The zero-order valence-corrected chi connectivity index (χ0v) is 16.6. The number of hydrogen-bond donors (Lipinski definition) is 1. The second-order valence-corrected chi connectivity index (χ2v) is 9.44. The molecule has 1 aliphatic heterocycles. The lowest BCUT2D eigenvalue weighted by Crippen LogP contribution is -2.34. The second-order valence-electron chi connectivity index (χ2n) is 7.42. The second kappa shape index (κ2) is 7.54. The van der Waals surface area contributed by atoms with E-state index in [1.54, 1.807) is 31.2 Å². The van der Waals surface area contributed by atoms with E-state index >= 15 is 0 Å². The standard InChI is InChI=1S/C19H24N4O4S/c1-2-28(25,26)22-15-9-7-13(8-10-15)18-20-19(27-21-18)14-11-17(24)23(12-14)16-5-3-4-6-16/h7-10,14,16,22H,2-6,11-12H2,1H3/t14-/m1/s1. The molecule has 1 saturated heterocycles. The average molecular weight is 404 g/mol. The van der Waals surface area contributed by atoms with Gasteiger partial charge in [-0.15, -0.1) is 0 Å². The largest absolute Gasteiger partial charge is 0.339 e. The van der Waals surface area contributed by atoms with Gasteiger partial charge in [0, 0.05) is 30.3 Å². The Kier molecular flexibility index (Phi) is 5.09. The number of nitrogens with one attached hydrogen (secondary N) is 1. The lowest BCUT2D eigenvalue weighted by atomic mass is 10.1. The van der Waals surface area contributed by atoms with E-state index in [0.717, 1.165) is 18.4 Å². The number of likely N-dealkylation sites (tertiary alicyclic amines) is 1. The van der Waals surface area contributed by atoms with Crippen LogP contribution in [-0.4, -0.2) is 47.7 Å². The fourth-order valence-corrected chi connectivity index (χ4v) is 4.56. The van der Waals surface area contributed by atoms with Crippen molar-refractivity contribution in [3.63, 3.8) is 0 Å². The number of carbonyl (C=O) groups excluding carboxylic acids is 1. The van der Waals surface area contributed by atoms with Crippen molar-refractivity contribution in [1.82, 2.24) is 15.0 Å². The van der Waals surface area contributed by atoms with Gasteiger partial charge in [-0.2, -0.15) is 4.98 Å². The predicted molar refractivity (Wildman–Crippen MR) is 104 cm³/mol. The van der Waals surface area contributed by atoms with E-state index in [2.05, 4.69) is 14.9 Å². The smallest absolute Gasteiger partial charge is 0.232 e. The predicted octanol–water partition coefficient (Wildman–Crippen LogP) is 2.76. The zero-order valence-electron chi connectivity index (χ0n) is 15.8. The Morgan fingerprint density at radius 1 is 1.21 bits per heavy atom. The van der Waals surface area contributed by atoms with E-state index < -0.39 is 10.0 Å². The van der Waals surface area contributed by atoms with Crippen LogP contribution < -0.4 is 4.72 Å². The van der Waals surface area contributed by atoms with Crippen LogP contribution in [0, 0.1) is 0 Å². The van der Waals surface area contributed by atoms with E-state index in [1.165, 1.54) is 12.8 Å². The SMILES string of the molecule is CCS(=O)(=O)Nc1ccc(-c2noc([C@@H]3CC(=O)N(C4CCCC4)C3)n2)cc1. The zero-order chi connectivity index (χ0) is 19.7. The van der Waals surface area contributed by atoms with Crippen molar-refractivity contribution in [2.24, 2.45) is 0 Å². The molecule has 2 aliphatic rings. The summed E-state index contributed by atoms with van der Waals surface area (Å²) in [6.07, 6.45) is 4.96. The molecule has 1 saturated carbocycles. The molecule has 2 fully saturated rings. The third kappa shape index (κ3) is 3.89. The molecule has 0 unspecified atom stereocenters. The summed E-state index contributed by atoms with van der Waals surface area (Å²) in [6.45, 7) is 2.22. The van der Waals surface area contributed by atoms with Crippen LogP contribution in [0.25, 0.3) is 11.4 Å². The molecule has 2 aromatic rings. The van der Waals surface area contributed by atoms with Crippen LogP contribution >= 0.6 is 0 Å². The molecule has 1 aromatic carbocycles. The molecular weight excluding hydrogens is 380 g/mol. The first kappa shape index (κ1) is 18.9. The van der Waals surface area contributed by atoms with Crippen molar-refractivity contribution >= 4 is 21.6 Å². The summed E-state index contributed by atoms with van der Waals surface area (Å²) in [5.41, 5.74) is 1.22. The third-order valence-electron chi connectivity index (χ3n) is 5.51. The van der Waals surface area contributed by atoms with Crippen LogP contribution in [0.15, 0.2) is 28.8 Å². The third-order valence-corrected chi connectivity index (χ3v) is 6.82. The number of sulfonamides is 1. The quantitative estimate of drug-likeness (QED) is 0.794. The highest BCUT2D eigenvalue weighted by molar-refractivity contribution is 7.92. The Hall–Kier alpha value is -2.42. The molecular formula is C19H24N4O4S. The number of amides is 1. The van der Waals surface area contributed by atoms with E-state index in [9.17, 15) is 13.2 Å². The minimum absolute atomic E-state index is 0.0148. The van der Waals surface area contributed by atoms with Crippen LogP contribution in [0.3, 0.4) is 0 Å². The molecule has 150 valence electrons. The first-order valence-corrected chi connectivity index (χ1v) is 11.3. The van der Waals surface area contributed by atoms with Gasteiger partial charge in [-0.25, -0.2) is 8.42 Å². The number of rotatable bonds is 6. The maximum Gasteiger partial charge on any atom is 0.232 e. The Morgan fingerprint density at radius 2 is 1.93 bits per heavy atom. The maximum atomic E-state index is 12.4. The van der Waals surface area contributed by atoms with E-state index in [0.29, 0.717) is 36.4 Å². The number of nitrogens with zero attached hydrogens (tertiary/aromatic N) is 3. The number of benzene rings is 1. The van der Waals surface area contributed by atoms with Crippen molar-refractivity contribution in [2.75, 3.05) is 17.0 Å². The van der Waals surface area contributed by atoms with Gasteiger partial charge in [0.1, 0.15) is 0 Å². The number of carbonyl (C=O) groups is 1. The molecule has 4 rings (SSSR count). The van der Waals surface area contributed by atoms with Gasteiger partial charge in [-0.3, -0.25) is 9.52 Å². The Bertz CT molecular complexity index is 949. The van der Waals surface area contributed by atoms with Crippen LogP contribution in [0.4, 0.5) is 5.69 Å². The van der Waals surface area contributed by atoms with Crippen molar-refractivity contribution in [2.45, 2.75) is 51.0 Å². The molecule has 1 aliphatic carbocycles.